The van der Waals surface area contributed by atoms with Crippen LogP contribution >= 0.6 is 11.3 Å². The zero-order valence-electron chi connectivity index (χ0n) is 12.2. The van der Waals surface area contributed by atoms with Gasteiger partial charge in [0.1, 0.15) is 0 Å². The number of thiazole rings is 1. The summed E-state index contributed by atoms with van der Waals surface area (Å²) in [5, 5.41) is 3.21. The highest BCUT2D eigenvalue weighted by molar-refractivity contribution is 7.09. The van der Waals surface area contributed by atoms with Crippen molar-refractivity contribution in [1.82, 2.24) is 10.4 Å². The molecular formula is C13H25N3O2S. The molecule has 110 valence electrons. The molecule has 0 bridgehead atoms. The van der Waals surface area contributed by atoms with Gasteiger partial charge in [0.25, 0.3) is 0 Å². The Morgan fingerprint density at radius 1 is 1.42 bits per heavy atom. The first-order chi connectivity index (χ1) is 8.97. The summed E-state index contributed by atoms with van der Waals surface area (Å²) < 4.78 is 10.4. The summed E-state index contributed by atoms with van der Waals surface area (Å²) >= 11 is 1.68. The largest absolute Gasteiger partial charge is 0.382 e. The molecule has 1 aromatic rings. The minimum absolute atomic E-state index is 0.0795. The average Bonchev–Trinajstić information content (AvgIpc) is 2.81. The summed E-state index contributed by atoms with van der Waals surface area (Å²) in [6, 6.07) is 0.0795. The van der Waals surface area contributed by atoms with Gasteiger partial charge in [0.15, 0.2) is 0 Å². The smallest absolute Gasteiger partial charge is 0.0945 e. The molecule has 1 unspecified atom stereocenters. The van der Waals surface area contributed by atoms with Crippen molar-refractivity contribution in [3.05, 3.63) is 16.1 Å². The van der Waals surface area contributed by atoms with Gasteiger partial charge in [-0.2, -0.15) is 0 Å². The van der Waals surface area contributed by atoms with Crippen LogP contribution < -0.4 is 11.3 Å². The van der Waals surface area contributed by atoms with Crippen LogP contribution in [0.1, 0.15) is 31.5 Å². The zero-order chi connectivity index (χ0) is 14.3. The van der Waals surface area contributed by atoms with Crippen molar-refractivity contribution in [1.29, 1.82) is 0 Å². The SMILES string of the molecule is COCCOCC(Cc1nc(C(C)(C)C)cs1)NN. The van der Waals surface area contributed by atoms with E-state index in [1.807, 2.05) is 0 Å². The van der Waals surface area contributed by atoms with Crippen LogP contribution in [0.5, 0.6) is 0 Å². The van der Waals surface area contributed by atoms with E-state index in [-0.39, 0.29) is 11.5 Å². The van der Waals surface area contributed by atoms with Crippen LogP contribution in [0.3, 0.4) is 0 Å². The highest BCUT2D eigenvalue weighted by Gasteiger charge is 2.18. The Hall–Kier alpha value is -0.530. The van der Waals surface area contributed by atoms with E-state index in [1.165, 1.54) is 0 Å². The molecule has 0 amide bonds. The molecular weight excluding hydrogens is 262 g/mol. The molecule has 19 heavy (non-hydrogen) atoms. The lowest BCUT2D eigenvalue weighted by atomic mass is 9.93. The number of hydrogen-bond donors (Lipinski definition) is 2. The summed E-state index contributed by atoms with van der Waals surface area (Å²) in [6.45, 7) is 8.24. The van der Waals surface area contributed by atoms with Gasteiger partial charge in [-0.1, -0.05) is 20.8 Å². The Labute approximate surface area is 119 Å². The van der Waals surface area contributed by atoms with Gasteiger partial charge in [-0.05, 0) is 0 Å². The Kier molecular flexibility index (Phi) is 6.88. The third-order valence-corrected chi connectivity index (χ3v) is 3.60. The molecule has 1 atom stereocenters. The van der Waals surface area contributed by atoms with E-state index < -0.39 is 0 Å². The summed E-state index contributed by atoms with van der Waals surface area (Å²) in [6.07, 6.45) is 0.782. The molecule has 1 aromatic heterocycles. The topological polar surface area (TPSA) is 69.4 Å². The van der Waals surface area contributed by atoms with Crippen molar-refractivity contribution in [2.24, 2.45) is 5.84 Å². The first-order valence-electron chi connectivity index (χ1n) is 6.45. The number of methoxy groups -OCH3 is 1. The molecule has 0 saturated heterocycles. The normalized spacial score (nSPS) is 13.7. The van der Waals surface area contributed by atoms with Crippen molar-refractivity contribution < 1.29 is 9.47 Å². The van der Waals surface area contributed by atoms with Crippen LogP contribution in [-0.4, -0.2) is 38.0 Å². The van der Waals surface area contributed by atoms with Crippen LogP contribution in [0.25, 0.3) is 0 Å². The minimum Gasteiger partial charge on any atom is -0.382 e. The molecule has 1 heterocycles. The van der Waals surface area contributed by atoms with Crippen LogP contribution in [0, 0.1) is 0 Å². The van der Waals surface area contributed by atoms with Gasteiger partial charge in [0.05, 0.1) is 36.6 Å². The van der Waals surface area contributed by atoms with Gasteiger partial charge >= 0.3 is 0 Å². The third kappa shape index (κ3) is 5.97. The molecule has 0 fully saturated rings. The second-order valence-corrected chi connectivity index (χ2v) is 6.45. The molecule has 3 N–H and O–H groups in total. The van der Waals surface area contributed by atoms with Crippen molar-refractivity contribution in [2.45, 2.75) is 38.6 Å². The molecule has 5 nitrogen and oxygen atoms in total. The van der Waals surface area contributed by atoms with E-state index in [0.29, 0.717) is 19.8 Å². The van der Waals surface area contributed by atoms with Gasteiger partial charge in [0.2, 0.25) is 0 Å². The van der Waals surface area contributed by atoms with Crippen LogP contribution in [0.4, 0.5) is 0 Å². The highest BCUT2D eigenvalue weighted by Crippen LogP contribution is 2.24. The van der Waals surface area contributed by atoms with E-state index in [2.05, 4.69) is 36.6 Å². The standard InChI is InChI=1S/C13H25N3O2S/c1-13(2,3)11-9-19-12(15-11)7-10(16-14)8-18-6-5-17-4/h9-10,16H,5-8,14H2,1-4H3. The molecule has 0 aliphatic rings. The Morgan fingerprint density at radius 3 is 2.68 bits per heavy atom. The van der Waals surface area contributed by atoms with Crippen molar-refractivity contribution >= 4 is 11.3 Å². The number of ether oxygens (including phenoxy) is 2. The zero-order valence-corrected chi connectivity index (χ0v) is 13.0. The Balaban J connectivity index is 2.45. The number of aromatic nitrogens is 1. The highest BCUT2D eigenvalue weighted by atomic mass is 32.1. The maximum atomic E-state index is 5.54. The summed E-state index contributed by atoms with van der Waals surface area (Å²) in [4.78, 5) is 4.66. The van der Waals surface area contributed by atoms with E-state index >= 15 is 0 Å². The van der Waals surface area contributed by atoms with Gasteiger partial charge in [-0.25, -0.2) is 4.98 Å². The fourth-order valence-electron chi connectivity index (χ4n) is 1.49. The summed E-state index contributed by atoms with van der Waals surface area (Å²) in [5.41, 5.74) is 4.00. The summed E-state index contributed by atoms with van der Waals surface area (Å²) in [7, 11) is 1.66. The molecule has 0 radical (unpaired) electrons. The third-order valence-electron chi connectivity index (χ3n) is 2.73. The van der Waals surface area contributed by atoms with Crippen molar-refractivity contribution in [3.8, 4) is 0 Å². The minimum atomic E-state index is 0.0795. The lowest BCUT2D eigenvalue weighted by molar-refractivity contribution is 0.0587. The average molecular weight is 287 g/mol. The van der Waals surface area contributed by atoms with Crippen molar-refractivity contribution in [2.75, 3.05) is 26.9 Å². The lowest BCUT2D eigenvalue weighted by Gasteiger charge is -2.16. The van der Waals surface area contributed by atoms with Crippen LogP contribution in [-0.2, 0) is 21.3 Å². The predicted octanol–water partition coefficient (Wildman–Crippen LogP) is 1.48. The molecule has 0 aromatic carbocycles. The van der Waals surface area contributed by atoms with E-state index in [4.69, 9.17) is 15.3 Å². The lowest BCUT2D eigenvalue weighted by Crippen LogP contribution is -2.40. The van der Waals surface area contributed by atoms with Crippen molar-refractivity contribution in [3.63, 3.8) is 0 Å². The Bertz CT molecular complexity index is 363. The number of nitrogens with zero attached hydrogens (tertiary/aromatic N) is 1. The fourth-order valence-corrected chi connectivity index (χ4v) is 2.60. The molecule has 6 heteroatoms. The maximum absolute atomic E-state index is 5.54. The van der Waals surface area contributed by atoms with Gasteiger partial charge in [-0.3, -0.25) is 11.3 Å². The molecule has 0 spiro atoms. The number of hydrogen-bond acceptors (Lipinski definition) is 6. The van der Waals surface area contributed by atoms with Gasteiger partial charge in [0, 0.05) is 24.3 Å². The Morgan fingerprint density at radius 2 is 2.16 bits per heavy atom. The quantitative estimate of drug-likeness (QED) is 0.430. The number of nitrogens with one attached hydrogen (secondary N) is 1. The number of hydrazine groups is 1. The second-order valence-electron chi connectivity index (χ2n) is 5.51. The first-order valence-corrected chi connectivity index (χ1v) is 7.33. The number of nitrogens with two attached hydrogens (primary N) is 1. The summed E-state index contributed by atoms with van der Waals surface area (Å²) in [5.74, 6) is 5.54. The molecule has 0 aliphatic heterocycles. The van der Waals surface area contributed by atoms with E-state index in [1.54, 1.807) is 18.4 Å². The van der Waals surface area contributed by atoms with Crippen LogP contribution in [0.2, 0.25) is 0 Å². The molecule has 1 rings (SSSR count). The monoisotopic (exact) mass is 287 g/mol. The van der Waals surface area contributed by atoms with E-state index in [0.717, 1.165) is 17.1 Å². The first kappa shape index (κ1) is 16.5. The maximum Gasteiger partial charge on any atom is 0.0945 e. The van der Waals surface area contributed by atoms with Gasteiger partial charge in [-0.15, -0.1) is 11.3 Å². The fraction of sp³-hybridized carbons (Fsp3) is 0.769. The number of rotatable bonds is 8. The second kappa shape index (κ2) is 7.91. The molecule has 0 saturated carbocycles. The molecule has 0 aliphatic carbocycles. The van der Waals surface area contributed by atoms with Gasteiger partial charge < -0.3 is 9.47 Å². The van der Waals surface area contributed by atoms with Crippen LogP contribution in [0.15, 0.2) is 5.38 Å². The van der Waals surface area contributed by atoms with E-state index in [9.17, 15) is 0 Å². The predicted molar refractivity (Wildman–Crippen MR) is 78.3 cm³/mol.